The summed E-state index contributed by atoms with van der Waals surface area (Å²) in [6.45, 7) is 0. The van der Waals surface area contributed by atoms with Crippen molar-refractivity contribution in [2.24, 2.45) is 0 Å². The van der Waals surface area contributed by atoms with E-state index in [4.69, 9.17) is 16.0 Å². The standard InChI is InChI=1S/Li.H2O4Se.H/c;1-5(2,3)4;/h;(H2,1,2,3,4);/q+1;;-1. The number of rotatable bonds is 0. The average Bonchev–Trinajstić information content (AvgIpc) is 0.722. The van der Waals surface area contributed by atoms with Gasteiger partial charge in [0.2, 0.25) is 0 Å². The maximum absolute atomic E-state index is 8.82. The molecule has 0 saturated heterocycles. The van der Waals surface area contributed by atoms with Crippen molar-refractivity contribution in [1.82, 2.24) is 0 Å². The third-order valence-electron chi connectivity index (χ3n) is 0. The fourth-order valence-electron chi connectivity index (χ4n) is 0. The Morgan fingerprint density at radius 3 is 1.33 bits per heavy atom. The largest absolute Gasteiger partial charge is 1.00 e. The molecule has 6 heteroatoms. The van der Waals surface area contributed by atoms with Gasteiger partial charge in [0.1, 0.15) is 0 Å². The molecule has 6 heavy (non-hydrogen) atoms. The predicted molar refractivity (Wildman–Crippen MR) is 12.7 cm³/mol. The van der Waals surface area contributed by atoms with E-state index in [2.05, 4.69) is 0 Å². The van der Waals surface area contributed by atoms with Crippen LogP contribution in [0, 0.1) is 0 Å². The third kappa shape index (κ3) is 151. The minimum absolute atomic E-state index is 0. The first-order chi connectivity index (χ1) is 2.00. The van der Waals surface area contributed by atoms with Crippen LogP contribution in [0.1, 0.15) is 1.43 Å². The Morgan fingerprint density at radius 1 is 1.33 bits per heavy atom. The zero-order valence-electron chi connectivity index (χ0n) is 4.12. The molecule has 0 radical (unpaired) electrons. The van der Waals surface area contributed by atoms with Crippen LogP contribution in [0.3, 0.4) is 0 Å². The van der Waals surface area contributed by atoms with E-state index in [1.54, 1.807) is 0 Å². The SMILES string of the molecule is O=[Se](=O)(O)O.[H-].[Li+]. The summed E-state index contributed by atoms with van der Waals surface area (Å²) in [5.74, 6) is 0. The summed E-state index contributed by atoms with van der Waals surface area (Å²) < 4.78 is 31.9. The van der Waals surface area contributed by atoms with Crippen LogP contribution < -0.4 is 18.9 Å². The van der Waals surface area contributed by atoms with Crippen LogP contribution in [-0.2, 0) is 7.67 Å². The fourth-order valence-corrected chi connectivity index (χ4v) is 0. The van der Waals surface area contributed by atoms with Gasteiger partial charge < -0.3 is 1.43 Å². The Hall–Kier alpha value is 0.637. The summed E-state index contributed by atoms with van der Waals surface area (Å²) in [6, 6.07) is 0. The van der Waals surface area contributed by atoms with Gasteiger partial charge in [-0.25, -0.2) is 0 Å². The van der Waals surface area contributed by atoms with Crippen molar-refractivity contribution >= 4 is 13.4 Å². The van der Waals surface area contributed by atoms with E-state index < -0.39 is 13.4 Å². The molecule has 0 fully saturated rings. The van der Waals surface area contributed by atoms with Gasteiger partial charge in [0.15, 0.2) is 0 Å². The fraction of sp³-hybridized carbons (Fsp3) is 0. The van der Waals surface area contributed by atoms with Crippen LogP contribution in [0.5, 0.6) is 0 Å². The second-order valence-electron chi connectivity index (χ2n) is 0.448. The topological polar surface area (TPSA) is 74.6 Å². The second-order valence-corrected chi connectivity index (χ2v) is 2.33. The van der Waals surface area contributed by atoms with E-state index in [1.807, 2.05) is 0 Å². The van der Waals surface area contributed by atoms with E-state index in [0.717, 1.165) is 0 Å². The first-order valence-corrected chi connectivity index (χ1v) is 3.63. The summed E-state index contributed by atoms with van der Waals surface area (Å²) in [4.78, 5) is 0. The molecular formula is H3LiO4Se. The van der Waals surface area contributed by atoms with Crippen LogP contribution in [0.2, 0.25) is 0 Å². The molecule has 34 valence electrons. The van der Waals surface area contributed by atoms with E-state index >= 15 is 0 Å². The normalized spacial score (nSPS) is 9.67. The third-order valence-corrected chi connectivity index (χ3v) is 0. The smallest absolute Gasteiger partial charge is 1.00 e. The number of hydrogen-bond donors (Lipinski definition) is 2. The van der Waals surface area contributed by atoms with Crippen molar-refractivity contribution in [3.8, 4) is 0 Å². The molecule has 0 aromatic rings. The minimum Gasteiger partial charge on any atom is -1.00 e. The van der Waals surface area contributed by atoms with Gasteiger partial charge in [0.25, 0.3) is 0 Å². The predicted octanol–water partition coefficient (Wildman–Crippen LogP) is -4.62. The van der Waals surface area contributed by atoms with Crippen molar-refractivity contribution in [2.75, 3.05) is 0 Å². The van der Waals surface area contributed by atoms with Crippen LogP contribution >= 0.6 is 0 Å². The van der Waals surface area contributed by atoms with Crippen molar-refractivity contribution in [2.45, 2.75) is 0 Å². The molecule has 0 unspecified atom stereocenters. The quantitative estimate of drug-likeness (QED) is 0.343. The van der Waals surface area contributed by atoms with Gasteiger partial charge in [-0.2, -0.15) is 0 Å². The first kappa shape index (κ1) is 9.81. The zero-order valence-corrected chi connectivity index (χ0v) is 4.83. The van der Waals surface area contributed by atoms with E-state index in [-0.39, 0.29) is 20.3 Å². The molecule has 0 bridgehead atoms. The van der Waals surface area contributed by atoms with Gasteiger partial charge >= 0.3 is 48.3 Å². The summed E-state index contributed by atoms with van der Waals surface area (Å²) in [7, 11) is 0. The molecule has 0 saturated carbocycles. The molecule has 0 atom stereocenters. The molecule has 2 N–H and O–H groups in total. The van der Waals surface area contributed by atoms with E-state index in [0.29, 0.717) is 0 Å². The van der Waals surface area contributed by atoms with Crippen molar-refractivity contribution in [3.63, 3.8) is 0 Å². The monoisotopic (exact) mass is 154 g/mol. The molecule has 0 amide bonds. The molecule has 0 aliphatic rings. The molecule has 0 spiro atoms. The van der Waals surface area contributed by atoms with E-state index in [1.165, 1.54) is 0 Å². The van der Waals surface area contributed by atoms with E-state index in [9.17, 15) is 0 Å². The van der Waals surface area contributed by atoms with Crippen molar-refractivity contribution < 1.29 is 36.3 Å². The molecule has 0 aromatic carbocycles. The Balaban J connectivity index is -0.0000000800. The summed E-state index contributed by atoms with van der Waals surface area (Å²) in [5, 5.41) is 0. The molecular weight excluding hydrogens is 150 g/mol. The van der Waals surface area contributed by atoms with Gasteiger partial charge in [-0.1, -0.05) is 0 Å². The maximum atomic E-state index is 8.82. The van der Waals surface area contributed by atoms with Crippen LogP contribution in [-0.4, -0.2) is 21.7 Å². The molecule has 0 rings (SSSR count). The van der Waals surface area contributed by atoms with Gasteiger partial charge in [0, 0.05) is 0 Å². The maximum Gasteiger partial charge on any atom is 1.00 e. The molecule has 0 aliphatic carbocycles. The van der Waals surface area contributed by atoms with Crippen LogP contribution in [0.15, 0.2) is 0 Å². The Bertz CT molecular complexity index is 94.9. The minimum atomic E-state index is -5.25. The molecule has 0 heterocycles. The summed E-state index contributed by atoms with van der Waals surface area (Å²) >= 11 is -5.25. The zero-order chi connectivity index (χ0) is 4.50. The van der Waals surface area contributed by atoms with Gasteiger partial charge in [-0.05, 0) is 0 Å². The average molecular weight is 153 g/mol. The Morgan fingerprint density at radius 2 is 1.33 bits per heavy atom. The summed E-state index contributed by atoms with van der Waals surface area (Å²) in [5.41, 5.74) is 0. The van der Waals surface area contributed by atoms with Gasteiger partial charge in [-0.15, -0.1) is 0 Å². The van der Waals surface area contributed by atoms with Gasteiger partial charge in [-0.3, -0.25) is 0 Å². The Kier molecular flexibility index (Phi) is 4.50. The second kappa shape index (κ2) is 2.75. The molecule has 0 aromatic heterocycles. The van der Waals surface area contributed by atoms with Crippen LogP contribution in [0.25, 0.3) is 0 Å². The van der Waals surface area contributed by atoms with Gasteiger partial charge in [0.05, 0.1) is 0 Å². The first-order valence-electron chi connectivity index (χ1n) is 0.698. The number of hydrogen-bond acceptors (Lipinski definition) is 2. The van der Waals surface area contributed by atoms with Crippen LogP contribution in [0.4, 0.5) is 0 Å². The van der Waals surface area contributed by atoms with Crippen molar-refractivity contribution in [3.05, 3.63) is 0 Å². The Labute approximate surface area is 50.1 Å². The summed E-state index contributed by atoms with van der Waals surface area (Å²) in [6.07, 6.45) is 0. The molecule has 4 nitrogen and oxygen atoms in total. The van der Waals surface area contributed by atoms with Crippen molar-refractivity contribution in [1.29, 1.82) is 0 Å². The molecule has 0 aliphatic heterocycles.